The van der Waals surface area contributed by atoms with Gasteiger partial charge in [0.1, 0.15) is 0 Å². The average molecular weight is 350 g/mol. The molecule has 1 aromatic carbocycles. The van der Waals surface area contributed by atoms with E-state index in [0.717, 1.165) is 37.9 Å². The molecule has 1 fully saturated rings. The molecular formula is C18H30N4O3. The number of aliphatic imine (C=N–C) groups is 1. The Kier molecular flexibility index (Phi) is 7.81. The molecule has 7 nitrogen and oxygen atoms in total. The largest absolute Gasteiger partial charge is 0.493 e. The van der Waals surface area contributed by atoms with Gasteiger partial charge in [0.2, 0.25) is 0 Å². The van der Waals surface area contributed by atoms with E-state index in [-0.39, 0.29) is 0 Å². The van der Waals surface area contributed by atoms with Crippen LogP contribution in [-0.4, -0.2) is 71.5 Å². The molecule has 0 saturated carbocycles. The quantitative estimate of drug-likeness (QED) is 0.550. The molecule has 1 heterocycles. The molecule has 1 atom stereocenters. The number of hydrogen-bond donors (Lipinski definition) is 2. The third kappa shape index (κ3) is 5.51. The van der Waals surface area contributed by atoms with Crippen LogP contribution >= 0.6 is 0 Å². The van der Waals surface area contributed by atoms with Gasteiger partial charge in [-0.15, -0.1) is 0 Å². The van der Waals surface area contributed by atoms with Crippen molar-refractivity contribution in [3.63, 3.8) is 0 Å². The number of hydrogen-bond acceptors (Lipinski definition) is 5. The summed E-state index contributed by atoms with van der Waals surface area (Å²) in [5.74, 6) is 2.13. The van der Waals surface area contributed by atoms with Gasteiger partial charge >= 0.3 is 0 Å². The lowest BCUT2D eigenvalue weighted by molar-refractivity contribution is 0.141. The second-order valence-corrected chi connectivity index (χ2v) is 5.97. The number of anilines is 1. The van der Waals surface area contributed by atoms with Gasteiger partial charge in [-0.05, 0) is 31.5 Å². The summed E-state index contributed by atoms with van der Waals surface area (Å²) in [6, 6.07) is 6.22. The summed E-state index contributed by atoms with van der Waals surface area (Å²) in [6.07, 6.45) is 2.43. The van der Waals surface area contributed by atoms with Crippen LogP contribution in [0.25, 0.3) is 0 Å². The van der Waals surface area contributed by atoms with E-state index in [4.69, 9.17) is 14.2 Å². The van der Waals surface area contributed by atoms with Gasteiger partial charge in [-0.3, -0.25) is 9.89 Å². The minimum atomic E-state index is 0.513. The first kappa shape index (κ1) is 19.3. The minimum absolute atomic E-state index is 0.513. The van der Waals surface area contributed by atoms with E-state index in [2.05, 4.69) is 20.5 Å². The minimum Gasteiger partial charge on any atom is -0.493 e. The van der Waals surface area contributed by atoms with Crippen LogP contribution in [-0.2, 0) is 4.74 Å². The Morgan fingerprint density at radius 2 is 2.04 bits per heavy atom. The fraction of sp³-hybridized carbons (Fsp3) is 0.611. The van der Waals surface area contributed by atoms with Gasteiger partial charge in [-0.1, -0.05) is 0 Å². The zero-order chi connectivity index (χ0) is 18.1. The van der Waals surface area contributed by atoms with E-state index in [9.17, 15) is 0 Å². The van der Waals surface area contributed by atoms with Gasteiger partial charge in [0.25, 0.3) is 0 Å². The number of methoxy groups -OCH3 is 3. The maximum absolute atomic E-state index is 5.34. The molecule has 0 radical (unpaired) electrons. The third-order valence-corrected chi connectivity index (χ3v) is 4.46. The predicted octanol–water partition coefficient (Wildman–Crippen LogP) is 1.80. The number of rotatable bonds is 8. The van der Waals surface area contributed by atoms with Crippen molar-refractivity contribution in [2.45, 2.75) is 18.9 Å². The molecule has 0 bridgehead atoms. The lowest BCUT2D eigenvalue weighted by atomic mass is 10.2. The topological polar surface area (TPSA) is 67.4 Å². The highest BCUT2D eigenvalue weighted by Gasteiger charge is 2.24. The van der Waals surface area contributed by atoms with E-state index in [0.29, 0.717) is 17.5 Å². The number of benzene rings is 1. The highest BCUT2D eigenvalue weighted by Crippen LogP contribution is 2.29. The third-order valence-electron chi connectivity index (χ3n) is 4.46. The monoisotopic (exact) mass is 350 g/mol. The van der Waals surface area contributed by atoms with Crippen LogP contribution in [0.3, 0.4) is 0 Å². The van der Waals surface area contributed by atoms with Gasteiger partial charge in [0.15, 0.2) is 17.5 Å². The average Bonchev–Trinajstić information content (AvgIpc) is 3.10. The van der Waals surface area contributed by atoms with Crippen molar-refractivity contribution >= 4 is 11.6 Å². The van der Waals surface area contributed by atoms with Gasteiger partial charge in [-0.2, -0.15) is 0 Å². The molecule has 0 aromatic heterocycles. The summed E-state index contributed by atoms with van der Waals surface area (Å²) < 4.78 is 15.8. The first-order valence-electron chi connectivity index (χ1n) is 8.64. The van der Waals surface area contributed by atoms with Gasteiger partial charge in [0, 0.05) is 45.0 Å². The Morgan fingerprint density at radius 1 is 1.24 bits per heavy atom. The highest BCUT2D eigenvalue weighted by atomic mass is 16.5. The molecule has 1 unspecified atom stereocenters. The van der Waals surface area contributed by atoms with Gasteiger partial charge in [0.05, 0.1) is 20.8 Å². The molecule has 25 heavy (non-hydrogen) atoms. The van der Waals surface area contributed by atoms with E-state index in [1.807, 2.05) is 18.2 Å². The molecule has 0 spiro atoms. The summed E-state index contributed by atoms with van der Waals surface area (Å²) in [5.41, 5.74) is 0.897. The number of ether oxygens (including phenoxy) is 3. The lowest BCUT2D eigenvalue weighted by Gasteiger charge is -2.25. The van der Waals surface area contributed by atoms with Crippen molar-refractivity contribution in [2.75, 3.05) is 59.9 Å². The van der Waals surface area contributed by atoms with Crippen LogP contribution in [0.15, 0.2) is 23.2 Å². The number of likely N-dealkylation sites (tertiary alicyclic amines) is 1. The van der Waals surface area contributed by atoms with E-state index in [1.54, 1.807) is 28.4 Å². The number of guanidine groups is 1. The SMILES string of the molecule is CN=C(NCC1CCCN1CCOC)Nc1ccc(OC)c(OC)c1. The number of nitrogens with one attached hydrogen (secondary N) is 2. The van der Waals surface area contributed by atoms with Crippen LogP contribution in [0.5, 0.6) is 11.5 Å². The van der Waals surface area contributed by atoms with E-state index >= 15 is 0 Å². The van der Waals surface area contributed by atoms with Crippen molar-refractivity contribution in [1.82, 2.24) is 10.2 Å². The normalized spacial score (nSPS) is 18.2. The summed E-state index contributed by atoms with van der Waals surface area (Å²) in [6.45, 7) is 3.74. The van der Waals surface area contributed by atoms with Crippen LogP contribution < -0.4 is 20.1 Å². The molecule has 1 aromatic rings. The zero-order valence-electron chi connectivity index (χ0n) is 15.7. The van der Waals surface area contributed by atoms with Crippen molar-refractivity contribution in [1.29, 1.82) is 0 Å². The standard InChI is InChI=1S/C18H30N4O3/c1-19-18(20-13-15-6-5-9-22(15)10-11-23-2)21-14-7-8-16(24-3)17(12-14)25-4/h7-8,12,15H,5-6,9-11,13H2,1-4H3,(H2,19,20,21). The van der Waals surface area contributed by atoms with Gasteiger partial charge in [-0.25, -0.2) is 0 Å². The molecule has 0 amide bonds. The molecule has 140 valence electrons. The van der Waals surface area contributed by atoms with Gasteiger partial charge < -0.3 is 24.8 Å². The Labute approximate surface area is 150 Å². The van der Waals surface area contributed by atoms with Crippen LogP contribution in [0, 0.1) is 0 Å². The predicted molar refractivity (Wildman–Crippen MR) is 101 cm³/mol. The molecule has 1 saturated heterocycles. The summed E-state index contributed by atoms with van der Waals surface area (Å²) in [5, 5.41) is 6.71. The molecule has 7 heteroatoms. The van der Waals surface area contributed by atoms with E-state index in [1.165, 1.54) is 12.8 Å². The fourth-order valence-electron chi connectivity index (χ4n) is 3.07. The van der Waals surface area contributed by atoms with Crippen molar-refractivity contribution < 1.29 is 14.2 Å². The maximum Gasteiger partial charge on any atom is 0.195 e. The zero-order valence-corrected chi connectivity index (χ0v) is 15.7. The Morgan fingerprint density at radius 3 is 2.72 bits per heavy atom. The second kappa shape index (κ2) is 10.1. The van der Waals surface area contributed by atoms with Crippen molar-refractivity contribution in [3.8, 4) is 11.5 Å². The summed E-state index contributed by atoms with van der Waals surface area (Å²) in [4.78, 5) is 6.78. The number of nitrogens with zero attached hydrogens (tertiary/aromatic N) is 2. The van der Waals surface area contributed by atoms with E-state index < -0.39 is 0 Å². The first-order valence-corrected chi connectivity index (χ1v) is 8.64. The van der Waals surface area contributed by atoms with Crippen LogP contribution in [0.4, 0.5) is 5.69 Å². The molecule has 0 aliphatic carbocycles. The molecule has 1 aliphatic heterocycles. The molecule has 2 N–H and O–H groups in total. The van der Waals surface area contributed by atoms with Crippen molar-refractivity contribution in [2.24, 2.45) is 4.99 Å². The van der Waals surface area contributed by atoms with Crippen LogP contribution in [0.2, 0.25) is 0 Å². The maximum atomic E-state index is 5.34. The lowest BCUT2D eigenvalue weighted by Crippen LogP contribution is -2.43. The fourth-order valence-corrected chi connectivity index (χ4v) is 3.07. The second-order valence-electron chi connectivity index (χ2n) is 5.97. The highest BCUT2D eigenvalue weighted by molar-refractivity contribution is 5.93. The van der Waals surface area contributed by atoms with Crippen LogP contribution in [0.1, 0.15) is 12.8 Å². The summed E-state index contributed by atoms with van der Waals surface area (Å²) >= 11 is 0. The smallest absolute Gasteiger partial charge is 0.195 e. The van der Waals surface area contributed by atoms with Crippen molar-refractivity contribution in [3.05, 3.63) is 18.2 Å². The Balaban J connectivity index is 1.90. The Bertz CT molecular complexity index is 565. The first-order chi connectivity index (χ1) is 12.2. The summed E-state index contributed by atoms with van der Waals surface area (Å²) in [7, 11) is 6.78. The molecule has 1 aliphatic rings. The molecule has 2 rings (SSSR count). The molecular weight excluding hydrogens is 320 g/mol. The Hall–Kier alpha value is -1.99.